The topological polar surface area (TPSA) is 51.6 Å². The molecular weight excluding hydrogens is 368 g/mol. The second kappa shape index (κ2) is 8.66. The minimum atomic E-state index is 0.258. The second-order valence-electron chi connectivity index (χ2n) is 6.06. The van der Waals surface area contributed by atoms with Gasteiger partial charge in [0.25, 0.3) is 0 Å². The zero-order valence-electron chi connectivity index (χ0n) is 15.1. The monoisotopic (exact) mass is 392 g/mol. The van der Waals surface area contributed by atoms with Crippen molar-refractivity contribution in [1.82, 2.24) is 14.7 Å². The van der Waals surface area contributed by atoms with Gasteiger partial charge in [-0.05, 0) is 43.3 Å². The molecule has 0 bridgehead atoms. The molecule has 2 aromatic rings. The summed E-state index contributed by atoms with van der Waals surface area (Å²) in [6.07, 6.45) is 4.01. The molecule has 0 aliphatic carbocycles. The van der Waals surface area contributed by atoms with Crippen molar-refractivity contribution >= 4 is 28.7 Å². The van der Waals surface area contributed by atoms with Crippen molar-refractivity contribution in [2.24, 2.45) is 0 Å². The lowest BCUT2D eigenvalue weighted by Gasteiger charge is -2.26. The van der Waals surface area contributed by atoms with Gasteiger partial charge in [0, 0.05) is 24.7 Å². The molecule has 0 saturated carbocycles. The third kappa shape index (κ3) is 4.08. The summed E-state index contributed by atoms with van der Waals surface area (Å²) < 4.78 is 13.6. The van der Waals surface area contributed by atoms with Gasteiger partial charge in [-0.1, -0.05) is 17.4 Å². The maximum atomic E-state index is 5.59. The second-order valence-corrected chi connectivity index (χ2v) is 7.68. The summed E-state index contributed by atoms with van der Waals surface area (Å²) in [5.41, 5.74) is 1.15. The average Bonchev–Trinajstić information content (AvgIpc) is 3.26. The summed E-state index contributed by atoms with van der Waals surface area (Å²) in [5, 5.41) is 8.62. The van der Waals surface area contributed by atoms with Crippen LogP contribution >= 0.6 is 23.6 Å². The van der Waals surface area contributed by atoms with Crippen molar-refractivity contribution in [3.8, 4) is 11.5 Å². The van der Waals surface area contributed by atoms with Crippen LogP contribution in [0.3, 0.4) is 0 Å². The number of methoxy groups -OCH3 is 2. The lowest BCUT2D eigenvalue weighted by atomic mass is 10.0. The normalized spacial score (nSPS) is 17.2. The zero-order chi connectivity index (χ0) is 18.5. The van der Waals surface area contributed by atoms with Crippen LogP contribution in [0.1, 0.15) is 24.4 Å². The number of anilines is 1. The van der Waals surface area contributed by atoms with Gasteiger partial charge in [0.15, 0.2) is 3.95 Å². The number of likely N-dealkylation sites (tertiary alicyclic amines) is 1. The van der Waals surface area contributed by atoms with E-state index in [1.165, 1.54) is 11.3 Å². The van der Waals surface area contributed by atoms with E-state index in [1.807, 2.05) is 16.8 Å². The van der Waals surface area contributed by atoms with Gasteiger partial charge in [-0.2, -0.15) is 0 Å². The molecule has 1 aromatic heterocycles. The van der Waals surface area contributed by atoms with E-state index in [-0.39, 0.29) is 6.04 Å². The highest BCUT2D eigenvalue weighted by molar-refractivity contribution is 7.73. The molecule has 0 radical (unpaired) electrons. The lowest BCUT2D eigenvalue weighted by Crippen LogP contribution is -2.27. The first kappa shape index (κ1) is 18.9. The molecule has 8 heteroatoms. The summed E-state index contributed by atoms with van der Waals surface area (Å²) in [6.45, 7) is 6.05. The van der Waals surface area contributed by atoms with Gasteiger partial charge < -0.3 is 14.8 Å². The Hall–Kier alpha value is -1.90. The van der Waals surface area contributed by atoms with Crippen molar-refractivity contribution in [1.29, 1.82) is 0 Å². The highest BCUT2D eigenvalue weighted by atomic mass is 32.1. The molecule has 0 unspecified atom stereocenters. The number of ether oxygens (including phenoxy) is 2. The first-order valence-corrected chi connectivity index (χ1v) is 9.77. The van der Waals surface area contributed by atoms with E-state index in [0.29, 0.717) is 13.2 Å². The smallest absolute Gasteiger partial charge is 0.204 e. The molecule has 0 spiro atoms. The molecule has 1 N–H and O–H groups in total. The maximum absolute atomic E-state index is 5.59. The number of benzene rings is 1. The van der Waals surface area contributed by atoms with Crippen molar-refractivity contribution < 1.29 is 9.47 Å². The molecule has 2 heterocycles. The third-order valence-corrected chi connectivity index (χ3v) is 5.74. The van der Waals surface area contributed by atoms with Gasteiger partial charge in [-0.15, -0.1) is 11.7 Å². The van der Waals surface area contributed by atoms with Crippen LogP contribution in [0.4, 0.5) is 5.13 Å². The Bertz CT molecular complexity index is 818. The predicted octanol–water partition coefficient (Wildman–Crippen LogP) is 4.08. The lowest BCUT2D eigenvalue weighted by molar-refractivity contribution is 0.188. The maximum Gasteiger partial charge on any atom is 0.204 e. The molecule has 1 aliphatic rings. The largest absolute Gasteiger partial charge is 0.497 e. The van der Waals surface area contributed by atoms with Crippen LogP contribution in [-0.2, 0) is 6.67 Å². The molecule has 6 nitrogen and oxygen atoms in total. The van der Waals surface area contributed by atoms with Crippen LogP contribution in [-0.4, -0.2) is 42.0 Å². The van der Waals surface area contributed by atoms with Gasteiger partial charge in [-0.25, -0.2) is 4.68 Å². The Morgan fingerprint density at radius 3 is 3.00 bits per heavy atom. The minimum absolute atomic E-state index is 0.258. The molecular formula is C18H24N4O2S2. The Labute approximate surface area is 163 Å². The standard InChI is InChI=1S/C18H24N4O2S2/c1-4-9-19-17-20-22(18(25)26-17)12-21-10-5-6-15(21)14-11-13(23-2)7-8-16(14)24-3/h4,7-8,11,15H,1,5-6,9-10,12H2,2-3H3,(H,19,20)/t15-/m0/s1. The molecule has 1 saturated heterocycles. The number of hydrogen-bond acceptors (Lipinski definition) is 7. The van der Waals surface area contributed by atoms with Crippen molar-refractivity contribution in [3.05, 3.63) is 40.4 Å². The molecule has 26 heavy (non-hydrogen) atoms. The molecule has 140 valence electrons. The number of nitrogens with zero attached hydrogens (tertiary/aromatic N) is 3. The Morgan fingerprint density at radius 2 is 2.27 bits per heavy atom. The fourth-order valence-electron chi connectivity index (χ4n) is 3.25. The van der Waals surface area contributed by atoms with E-state index >= 15 is 0 Å². The first-order chi connectivity index (χ1) is 12.7. The Kier molecular flexibility index (Phi) is 6.29. The summed E-state index contributed by atoms with van der Waals surface area (Å²) in [7, 11) is 3.39. The zero-order valence-corrected chi connectivity index (χ0v) is 16.7. The Morgan fingerprint density at radius 1 is 1.42 bits per heavy atom. The van der Waals surface area contributed by atoms with Crippen LogP contribution in [0.5, 0.6) is 11.5 Å². The van der Waals surface area contributed by atoms with Crippen LogP contribution in [0.25, 0.3) is 0 Å². The molecule has 1 atom stereocenters. The summed E-state index contributed by atoms with van der Waals surface area (Å²) in [4.78, 5) is 2.39. The van der Waals surface area contributed by atoms with Gasteiger partial charge >= 0.3 is 0 Å². The number of aromatic nitrogens is 2. The van der Waals surface area contributed by atoms with E-state index in [1.54, 1.807) is 20.3 Å². The molecule has 1 fully saturated rings. The molecule has 1 aromatic carbocycles. The van der Waals surface area contributed by atoms with Gasteiger partial charge in [-0.3, -0.25) is 4.90 Å². The van der Waals surface area contributed by atoms with Crippen LogP contribution in [0.2, 0.25) is 0 Å². The van der Waals surface area contributed by atoms with E-state index in [9.17, 15) is 0 Å². The highest BCUT2D eigenvalue weighted by Gasteiger charge is 2.29. The summed E-state index contributed by atoms with van der Waals surface area (Å²) in [6, 6.07) is 6.22. The van der Waals surface area contributed by atoms with E-state index in [2.05, 4.69) is 28.0 Å². The van der Waals surface area contributed by atoms with Crippen molar-refractivity contribution in [2.45, 2.75) is 25.6 Å². The molecule has 1 aliphatic heterocycles. The minimum Gasteiger partial charge on any atom is -0.497 e. The van der Waals surface area contributed by atoms with Crippen LogP contribution < -0.4 is 14.8 Å². The van der Waals surface area contributed by atoms with E-state index in [4.69, 9.17) is 21.7 Å². The predicted molar refractivity (Wildman–Crippen MR) is 108 cm³/mol. The number of rotatable bonds is 8. The van der Waals surface area contributed by atoms with Crippen molar-refractivity contribution in [3.63, 3.8) is 0 Å². The van der Waals surface area contributed by atoms with Crippen LogP contribution in [0, 0.1) is 3.95 Å². The quantitative estimate of drug-likeness (QED) is 0.540. The highest BCUT2D eigenvalue weighted by Crippen LogP contribution is 2.39. The number of hydrogen-bond donors (Lipinski definition) is 1. The van der Waals surface area contributed by atoms with Gasteiger partial charge in [0.2, 0.25) is 5.13 Å². The average molecular weight is 393 g/mol. The SMILES string of the molecule is C=CCNc1nn(CN2CCC[C@H]2c2cc(OC)ccc2OC)c(=S)s1. The van der Waals surface area contributed by atoms with Gasteiger partial charge in [0.05, 0.1) is 20.9 Å². The molecule has 0 amide bonds. The summed E-state index contributed by atoms with van der Waals surface area (Å²) in [5.74, 6) is 1.73. The molecule has 3 rings (SSSR count). The Balaban J connectivity index is 1.82. The first-order valence-electron chi connectivity index (χ1n) is 8.55. The van der Waals surface area contributed by atoms with Gasteiger partial charge in [0.1, 0.15) is 11.5 Å². The fraction of sp³-hybridized carbons (Fsp3) is 0.444. The van der Waals surface area contributed by atoms with E-state index in [0.717, 1.165) is 45.5 Å². The summed E-state index contributed by atoms with van der Waals surface area (Å²) >= 11 is 6.97. The van der Waals surface area contributed by atoms with Crippen molar-refractivity contribution in [2.75, 3.05) is 32.6 Å². The number of nitrogens with one attached hydrogen (secondary N) is 1. The van der Waals surface area contributed by atoms with E-state index < -0.39 is 0 Å². The fourth-order valence-corrected chi connectivity index (χ4v) is 4.25. The third-order valence-electron chi connectivity index (χ3n) is 4.48. The van der Waals surface area contributed by atoms with Crippen LogP contribution in [0.15, 0.2) is 30.9 Å².